The molecule has 0 aliphatic heterocycles. The van der Waals surface area contributed by atoms with Crippen molar-refractivity contribution in [3.05, 3.63) is 50.2 Å². The summed E-state index contributed by atoms with van der Waals surface area (Å²) in [4.78, 5) is 25.0. The lowest BCUT2D eigenvalue weighted by Gasteiger charge is -1.91. The van der Waals surface area contributed by atoms with Crippen LogP contribution in [0.1, 0.15) is 19.4 Å². The van der Waals surface area contributed by atoms with Gasteiger partial charge in [0.05, 0.1) is 5.02 Å². The summed E-state index contributed by atoms with van der Waals surface area (Å²) >= 11 is 5.96. The number of H-pyrrole nitrogens is 3. The van der Waals surface area contributed by atoms with Crippen LogP contribution in [0.4, 0.5) is 0 Å². The van der Waals surface area contributed by atoms with E-state index in [0.717, 1.165) is 27.6 Å². The summed E-state index contributed by atoms with van der Waals surface area (Å²) in [7, 11) is 0. The molecule has 0 fully saturated rings. The molecule has 0 radical (unpaired) electrons. The van der Waals surface area contributed by atoms with Crippen molar-refractivity contribution >= 4 is 34.3 Å². The maximum Gasteiger partial charge on any atom is 0.273 e. The summed E-state index contributed by atoms with van der Waals surface area (Å²) in [6.07, 6.45) is 5.16. The van der Waals surface area contributed by atoms with Gasteiger partial charge in [0.25, 0.3) is 5.56 Å². The molecule has 0 atom stereocenters. The van der Waals surface area contributed by atoms with Crippen molar-refractivity contribution in [2.75, 3.05) is 0 Å². The van der Waals surface area contributed by atoms with Gasteiger partial charge in [0.2, 0.25) is 0 Å². The first kappa shape index (κ1) is 12.7. The second-order valence-corrected chi connectivity index (χ2v) is 5.24. The molecule has 0 unspecified atom stereocenters. The molecule has 5 nitrogen and oxygen atoms in total. The van der Waals surface area contributed by atoms with Gasteiger partial charge in [-0.1, -0.05) is 11.6 Å². The highest BCUT2D eigenvalue weighted by Gasteiger charge is 2.04. The summed E-state index contributed by atoms with van der Waals surface area (Å²) < 4.78 is 0. The summed E-state index contributed by atoms with van der Waals surface area (Å²) in [5, 5.41) is 1.94. The molecule has 3 heterocycles. The molecular weight excluding hydrogens is 276 g/mol. The molecule has 3 aromatic heterocycles. The van der Waals surface area contributed by atoms with Crippen molar-refractivity contribution in [2.24, 2.45) is 0 Å². The topological polar surface area (TPSA) is 77.3 Å². The molecule has 6 heteroatoms. The third-order valence-electron chi connectivity index (χ3n) is 3.07. The fourth-order valence-electron chi connectivity index (χ4n) is 2.03. The van der Waals surface area contributed by atoms with E-state index >= 15 is 0 Å². The molecule has 0 aliphatic carbocycles. The number of pyridine rings is 1. The number of halogens is 1. The number of nitrogens with zero attached hydrogens (tertiary/aromatic N) is 1. The van der Waals surface area contributed by atoms with E-state index in [2.05, 4.69) is 19.9 Å². The molecule has 3 N–H and O–H groups in total. The molecule has 0 saturated carbocycles. The smallest absolute Gasteiger partial charge is 0.273 e. The number of fused-ring (bicyclic) bond motifs is 1. The van der Waals surface area contributed by atoms with Crippen LogP contribution in [-0.2, 0) is 0 Å². The van der Waals surface area contributed by atoms with Gasteiger partial charge >= 0.3 is 0 Å². The van der Waals surface area contributed by atoms with Crippen LogP contribution in [0.15, 0.2) is 23.3 Å². The zero-order chi connectivity index (χ0) is 14.3. The first-order chi connectivity index (χ1) is 9.54. The van der Waals surface area contributed by atoms with E-state index in [0.29, 0.717) is 10.4 Å². The molecule has 3 aromatic rings. The average molecular weight is 289 g/mol. The van der Waals surface area contributed by atoms with Gasteiger partial charge < -0.3 is 15.0 Å². The van der Waals surface area contributed by atoms with Crippen molar-refractivity contribution in [2.45, 2.75) is 13.8 Å². The summed E-state index contributed by atoms with van der Waals surface area (Å²) in [6.45, 7) is 3.86. The Morgan fingerprint density at radius 3 is 2.85 bits per heavy atom. The van der Waals surface area contributed by atoms with Gasteiger partial charge in [0, 0.05) is 23.3 Å². The van der Waals surface area contributed by atoms with Gasteiger partial charge in [0.1, 0.15) is 16.5 Å². The van der Waals surface area contributed by atoms with Gasteiger partial charge in [-0.3, -0.25) is 4.79 Å². The third-order valence-corrected chi connectivity index (χ3v) is 3.28. The molecule has 0 aliphatic rings. The van der Waals surface area contributed by atoms with Gasteiger partial charge in [-0.25, -0.2) is 4.98 Å². The fraction of sp³-hybridized carbons (Fsp3) is 0.143. The Labute approximate surface area is 119 Å². The summed E-state index contributed by atoms with van der Waals surface area (Å²) in [5.41, 5.74) is 3.21. The number of hydrogen-bond acceptors (Lipinski definition) is 2. The van der Waals surface area contributed by atoms with Crippen molar-refractivity contribution in [3.8, 4) is 0 Å². The lowest BCUT2D eigenvalue weighted by atomic mass is 10.2. The first-order valence-electron chi connectivity index (χ1n) is 6.15. The Kier molecular flexibility index (Phi) is 2.99. The standard InChI is InChI=1S/C14H13ClN4O/c1-7(2)12-18-11(14(20)19-12)3-8-5-16-13-10(8)4-9(15)6-17-13/h3-6,18H,1-2H3,(H,16,17)(H,19,20)/b11-3-. The number of nitrogens with one attached hydrogen (secondary N) is 3. The highest BCUT2D eigenvalue weighted by molar-refractivity contribution is 6.31. The SMILES string of the molecule is CC(C)=c1[nH]c(=O)/c(=C/c2c[nH]c3ncc(Cl)cc23)[nH]1. The van der Waals surface area contributed by atoms with E-state index in [9.17, 15) is 4.79 Å². The largest absolute Gasteiger partial charge is 0.346 e. The van der Waals surface area contributed by atoms with E-state index in [1.54, 1.807) is 18.5 Å². The van der Waals surface area contributed by atoms with Crippen molar-refractivity contribution in [1.82, 2.24) is 19.9 Å². The van der Waals surface area contributed by atoms with Crippen LogP contribution >= 0.6 is 11.6 Å². The lowest BCUT2D eigenvalue weighted by molar-refractivity contribution is 1.15. The van der Waals surface area contributed by atoms with Crippen LogP contribution in [-0.4, -0.2) is 19.9 Å². The Morgan fingerprint density at radius 1 is 1.35 bits per heavy atom. The highest BCUT2D eigenvalue weighted by atomic mass is 35.5. The average Bonchev–Trinajstić information content (AvgIpc) is 2.95. The van der Waals surface area contributed by atoms with E-state index in [-0.39, 0.29) is 5.56 Å². The monoisotopic (exact) mass is 288 g/mol. The zero-order valence-corrected chi connectivity index (χ0v) is 11.8. The zero-order valence-electron chi connectivity index (χ0n) is 11.0. The highest BCUT2D eigenvalue weighted by Crippen LogP contribution is 2.20. The Balaban J connectivity index is 2.27. The van der Waals surface area contributed by atoms with Crippen molar-refractivity contribution in [1.29, 1.82) is 0 Å². The van der Waals surface area contributed by atoms with Gasteiger partial charge in [-0.2, -0.15) is 0 Å². The minimum Gasteiger partial charge on any atom is -0.346 e. The minimum atomic E-state index is -0.148. The number of aromatic nitrogens is 4. The van der Waals surface area contributed by atoms with Crippen molar-refractivity contribution < 1.29 is 0 Å². The predicted molar refractivity (Wildman–Crippen MR) is 80.1 cm³/mol. The minimum absolute atomic E-state index is 0.148. The van der Waals surface area contributed by atoms with Crippen LogP contribution < -0.4 is 16.4 Å². The van der Waals surface area contributed by atoms with E-state index < -0.39 is 0 Å². The van der Waals surface area contributed by atoms with E-state index in [1.165, 1.54) is 0 Å². The van der Waals surface area contributed by atoms with E-state index in [4.69, 9.17) is 11.6 Å². The van der Waals surface area contributed by atoms with Gasteiger partial charge in [-0.05, 0) is 31.6 Å². The number of aromatic amines is 3. The molecule has 0 amide bonds. The molecular formula is C14H13ClN4O. The van der Waals surface area contributed by atoms with Crippen LogP contribution in [0.5, 0.6) is 0 Å². The molecule has 102 valence electrons. The first-order valence-corrected chi connectivity index (χ1v) is 6.52. The molecule has 0 aromatic carbocycles. The number of rotatable bonds is 1. The molecule has 0 spiro atoms. The summed E-state index contributed by atoms with van der Waals surface area (Å²) in [6, 6.07) is 1.82. The second kappa shape index (κ2) is 4.68. The Hall–Kier alpha value is -2.27. The second-order valence-electron chi connectivity index (χ2n) is 4.81. The quantitative estimate of drug-likeness (QED) is 0.630. The summed E-state index contributed by atoms with van der Waals surface area (Å²) in [5.74, 6) is 0. The number of imidazole rings is 1. The van der Waals surface area contributed by atoms with Crippen LogP contribution in [0.25, 0.3) is 22.7 Å². The maximum atomic E-state index is 11.9. The Morgan fingerprint density at radius 2 is 2.15 bits per heavy atom. The van der Waals surface area contributed by atoms with Gasteiger partial charge in [-0.15, -0.1) is 0 Å². The predicted octanol–water partition coefficient (Wildman–Crippen LogP) is 1.25. The van der Waals surface area contributed by atoms with Crippen LogP contribution in [0.3, 0.4) is 0 Å². The molecule has 0 saturated heterocycles. The normalized spacial score (nSPS) is 12.2. The van der Waals surface area contributed by atoms with Gasteiger partial charge in [0.15, 0.2) is 0 Å². The van der Waals surface area contributed by atoms with E-state index in [1.807, 2.05) is 19.9 Å². The van der Waals surface area contributed by atoms with Crippen LogP contribution in [0.2, 0.25) is 5.02 Å². The molecule has 0 bridgehead atoms. The molecule has 20 heavy (non-hydrogen) atoms. The lowest BCUT2D eigenvalue weighted by Crippen LogP contribution is -2.22. The third kappa shape index (κ3) is 2.16. The maximum absolute atomic E-state index is 11.9. The Bertz CT molecular complexity index is 957. The molecule has 3 rings (SSSR count). The van der Waals surface area contributed by atoms with Crippen LogP contribution in [0, 0.1) is 0 Å². The van der Waals surface area contributed by atoms with Crippen molar-refractivity contribution in [3.63, 3.8) is 0 Å². The number of hydrogen-bond donors (Lipinski definition) is 3. The fourth-order valence-corrected chi connectivity index (χ4v) is 2.19.